The van der Waals surface area contributed by atoms with Crippen LogP contribution in [0.5, 0.6) is 0 Å². The minimum absolute atomic E-state index is 1.06. The molecule has 3 rings (SSSR count). The Kier molecular flexibility index (Phi) is 4.33. The number of hydrogen-bond acceptors (Lipinski definition) is 1. The minimum atomic E-state index is 1.06. The molecule has 0 saturated heterocycles. The molecular formula is C19H26N2. The normalized spacial score (nSPS) is 13.9. The molecule has 0 amide bonds. The van der Waals surface area contributed by atoms with E-state index in [4.69, 9.17) is 0 Å². The zero-order valence-electron chi connectivity index (χ0n) is 13.3. The molecule has 0 bridgehead atoms. The summed E-state index contributed by atoms with van der Waals surface area (Å²) in [4.78, 5) is 2.47. The molecule has 0 unspecified atom stereocenters. The van der Waals surface area contributed by atoms with Crippen LogP contribution >= 0.6 is 0 Å². The SMILES string of the molecule is CCCCN1C=Cc2c(n(CCCC)c3ccccc23)C1. The molecule has 0 radical (unpaired) electrons. The molecule has 1 aliphatic heterocycles. The Bertz CT molecular complexity index is 636. The number of hydrogen-bond donors (Lipinski definition) is 0. The fourth-order valence-corrected chi connectivity index (χ4v) is 3.25. The summed E-state index contributed by atoms with van der Waals surface area (Å²) in [6.45, 7) is 7.90. The van der Waals surface area contributed by atoms with E-state index in [0.29, 0.717) is 0 Å². The lowest BCUT2D eigenvalue weighted by molar-refractivity contribution is 0.347. The van der Waals surface area contributed by atoms with Gasteiger partial charge in [0.25, 0.3) is 0 Å². The van der Waals surface area contributed by atoms with Crippen LogP contribution in [0.15, 0.2) is 30.5 Å². The molecule has 1 aromatic carbocycles. The molecule has 2 heteroatoms. The fourth-order valence-electron chi connectivity index (χ4n) is 3.25. The van der Waals surface area contributed by atoms with Crippen LogP contribution in [0.3, 0.4) is 0 Å². The number of aryl methyl sites for hydroxylation is 1. The van der Waals surface area contributed by atoms with E-state index in [2.05, 4.69) is 59.9 Å². The largest absolute Gasteiger partial charge is 0.372 e. The van der Waals surface area contributed by atoms with Gasteiger partial charge in [-0.1, -0.05) is 44.9 Å². The van der Waals surface area contributed by atoms with E-state index < -0.39 is 0 Å². The smallest absolute Gasteiger partial charge is 0.0582 e. The second-order valence-corrected chi connectivity index (χ2v) is 6.02. The van der Waals surface area contributed by atoms with Gasteiger partial charge in [-0.3, -0.25) is 0 Å². The average molecular weight is 282 g/mol. The predicted molar refractivity (Wildman–Crippen MR) is 91.2 cm³/mol. The first kappa shape index (κ1) is 14.2. The highest BCUT2D eigenvalue weighted by atomic mass is 15.1. The Balaban J connectivity index is 1.99. The quantitative estimate of drug-likeness (QED) is 0.721. The Labute approximate surface area is 128 Å². The summed E-state index contributed by atoms with van der Waals surface area (Å²) >= 11 is 0. The van der Waals surface area contributed by atoms with Gasteiger partial charge < -0.3 is 9.47 Å². The van der Waals surface area contributed by atoms with Gasteiger partial charge in [-0.2, -0.15) is 0 Å². The van der Waals surface area contributed by atoms with Crippen LogP contribution in [0.4, 0.5) is 0 Å². The molecule has 0 N–H and O–H groups in total. The molecule has 21 heavy (non-hydrogen) atoms. The van der Waals surface area contributed by atoms with Crippen molar-refractivity contribution in [1.29, 1.82) is 0 Å². The van der Waals surface area contributed by atoms with Gasteiger partial charge in [-0.05, 0) is 25.0 Å². The molecule has 0 saturated carbocycles. The number of fused-ring (bicyclic) bond motifs is 3. The zero-order valence-corrected chi connectivity index (χ0v) is 13.3. The third kappa shape index (κ3) is 2.72. The van der Waals surface area contributed by atoms with Gasteiger partial charge in [-0.25, -0.2) is 0 Å². The topological polar surface area (TPSA) is 8.17 Å². The average Bonchev–Trinajstić information content (AvgIpc) is 2.84. The lowest BCUT2D eigenvalue weighted by Crippen LogP contribution is -2.23. The second-order valence-electron chi connectivity index (χ2n) is 6.02. The number of benzene rings is 1. The van der Waals surface area contributed by atoms with E-state index in [1.54, 1.807) is 0 Å². The number of aromatic nitrogens is 1. The number of rotatable bonds is 6. The van der Waals surface area contributed by atoms with E-state index in [9.17, 15) is 0 Å². The van der Waals surface area contributed by atoms with Crippen molar-refractivity contribution in [3.05, 3.63) is 41.7 Å². The van der Waals surface area contributed by atoms with Gasteiger partial charge >= 0.3 is 0 Å². The van der Waals surface area contributed by atoms with Crippen molar-refractivity contribution in [2.45, 2.75) is 52.6 Å². The molecule has 0 atom stereocenters. The monoisotopic (exact) mass is 282 g/mol. The van der Waals surface area contributed by atoms with Crippen molar-refractivity contribution >= 4 is 17.0 Å². The van der Waals surface area contributed by atoms with Gasteiger partial charge in [0.2, 0.25) is 0 Å². The van der Waals surface area contributed by atoms with E-state index in [1.807, 2.05) is 0 Å². The molecule has 2 aromatic rings. The first-order valence-corrected chi connectivity index (χ1v) is 8.37. The Morgan fingerprint density at radius 1 is 1.00 bits per heavy atom. The Morgan fingerprint density at radius 2 is 1.76 bits per heavy atom. The summed E-state index contributed by atoms with van der Waals surface area (Å²) < 4.78 is 2.55. The molecule has 1 aromatic heterocycles. The van der Waals surface area contributed by atoms with E-state index in [0.717, 1.165) is 13.1 Å². The van der Waals surface area contributed by atoms with Crippen molar-refractivity contribution < 1.29 is 0 Å². The van der Waals surface area contributed by atoms with Crippen molar-refractivity contribution in [2.24, 2.45) is 0 Å². The third-order valence-corrected chi connectivity index (χ3v) is 4.46. The standard InChI is InChI=1S/C19H26N2/c1-3-5-12-20-14-11-17-16-9-7-8-10-18(16)21(13-6-4-2)19(17)15-20/h7-11,14H,3-6,12-13,15H2,1-2H3. The molecule has 0 spiro atoms. The van der Waals surface area contributed by atoms with Crippen LogP contribution in [-0.2, 0) is 13.1 Å². The highest BCUT2D eigenvalue weighted by Gasteiger charge is 2.19. The van der Waals surface area contributed by atoms with E-state index >= 15 is 0 Å². The van der Waals surface area contributed by atoms with Crippen molar-refractivity contribution in [1.82, 2.24) is 9.47 Å². The summed E-state index contributed by atoms with van der Waals surface area (Å²) in [6.07, 6.45) is 9.64. The summed E-state index contributed by atoms with van der Waals surface area (Å²) in [5.41, 5.74) is 4.34. The molecule has 2 heterocycles. The van der Waals surface area contributed by atoms with Crippen molar-refractivity contribution in [3.63, 3.8) is 0 Å². The Morgan fingerprint density at radius 3 is 2.57 bits per heavy atom. The van der Waals surface area contributed by atoms with Crippen LogP contribution in [-0.4, -0.2) is 16.0 Å². The molecular weight excluding hydrogens is 256 g/mol. The van der Waals surface area contributed by atoms with Crippen molar-refractivity contribution in [3.8, 4) is 0 Å². The molecule has 0 aliphatic carbocycles. The maximum absolute atomic E-state index is 2.55. The molecule has 112 valence electrons. The summed E-state index contributed by atoms with van der Waals surface area (Å²) in [6, 6.07) is 8.86. The van der Waals surface area contributed by atoms with Crippen LogP contribution in [0, 0.1) is 0 Å². The second kappa shape index (κ2) is 6.38. The van der Waals surface area contributed by atoms with E-state index in [-0.39, 0.29) is 0 Å². The number of nitrogens with zero attached hydrogens (tertiary/aromatic N) is 2. The lowest BCUT2D eigenvalue weighted by Gasteiger charge is -2.25. The molecule has 2 nitrogen and oxygen atoms in total. The first-order chi connectivity index (χ1) is 10.3. The molecule has 1 aliphatic rings. The van der Waals surface area contributed by atoms with Gasteiger partial charge in [0.1, 0.15) is 0 Å². The van der Waals surface area contributed by atoms with Crippen LogP contribution in [0.1, 0.15) is 50.8 Å². The number of unbranched alkanes of at least 4 members (excludes halogenated alkanes) is 2. The highest BCUT2D eigenvalue weighted by molar-refractivity contribution is 5.91. The zero-order chi connectivity index (χ0) is 14.7. The maximum Gasteiger partial charge on any atom is 0.0582 e. The van der Waals surface area contributed by atoms with Gasteiger partial charge in [0, 0.05) is 41.4 Å². The predicted octanol–water partition coefficient (Wildman–Crippen LogP) is 5.03. The third-order valence-electron chi connectivity index (χ3n) is 4.46. The minimum Gasteiger partial charge on any atom is -0.372 e. The van der Waals surface area contributed by atoms with Gasteiger partial charge in [-0.15, -0.1) is 0 Å². The van der Waals surface area contributed by atoms with Crippen LogP contribution in [0.2, 0.25) is 0 Å². The summed E-state index contributed by atoms with van der Waals surface area (Å²) in [5.74, 6) is 0. The maximum atomic E-state index is 2.55. The van der Waals surface area contributed by atoms with Crippen molar-refractivity contribution in [2.75, 3.05) is 6.54 Å². The fraction of sp³-hybridized carbons (Fsp3) is 0.474. The highest BCUT2D eigenvalue weighted by Crippen LogP contribution is 2.31. The summed E-state index contributed by atoms with van der Waals surface area (Å²) in [7, 11) is 0. The Hall–Kier alpha value is -1.70. The van der Waals surface area contributed by atoms with Crippen LogP contribution < -0.4 is 0 Å². The van der Waals surface area contributed by atoms with E-state index in [1.165, 1.54) is 54.4 Å². The summed E-state index contributed by atoms with van der Waals surface area (Å²) in [5, 5.41) is 1.41. The molecule has 0 fully saturated rings. The first-order valence-electron chi connectivity index (χ1n) is 8.37. The lowest BCUT2D eigenvalue weighted by atomic mass is 10.1. The van der Waals surface area contributed by atoms with Crippen LogP contribution in [0.25, 0.3) is 17.0 Å². The number of para-hydroxylation sites is 1. The van der Waals surface area contributed by atoms with Gasteiger partial charge in [0.05, 0.1) is 6.54 Å². The van der Waals surface area contributed by atoms with Gasteiger partial charge in [0.15, 0.2) is 0 Å².